The van der Waals surface area contributed by atoms with Crippen LogP contribution in [0.15, 0.2) is 24.5 Å². The van der Waals surface area contributed by atoms with Crippen molar-refractivity contribution in [3.05, 3.63) is 30.1 Å². The molecule has 2 amide bonds. The number of rotatable bonds is 7. The fraction of sp³-hybridized carbons (Fsp3) is 0.720. The van der Waals surface area contributed by atoms with Crippen molar-refractivity contribution in [3.63, 3.8) is 0 Å². The van der Waals surface area contributed by atoms with E-state index in [1.165, 1.54) is 0 Å². The minimum absolute atomic E-state index is 0. The van der Waals surface area contributed by atoms with Gasteiger partial charge in [-0.2, -0.15) is 0 Å². The lowest BCUT2D eigenvalue weighted by molar-refractivity contribution is -0.163. The molecule has 0 unspecified atom stereocenters. The molecule has 0 aromatic carbocycles. The Labute approximate surface area is 215 Å². The number of carbonyl (C=O) groups is 2. The molecule has 1 saturated carbocycles. The summed E-state index contributed by atoms with van der Waals surface area (Å²) in [5.41, 5.74) is -0.431. The van der Waals surface area contributed by atoms with Crippen LogP contribution in [-0.4, -0.2) is 68.5 Å². The van der Waals surface area contributed by atoms with Crippen molar-refractivity contribution in [2.75, 3.05) is 19.6 Å². The van der Waals surface area contributed by atoms with E-state index in [4.69, 9.17) is 0 Å². The number of aromatic nitrogens is 1. The Morgan fingerprint density at radius 2 is 1.82 bits per heavy atom. The third-order valence-corrected chi connectivity index (χ3v) is 7.72. The highest BCUT2D eigenvalue weighted by Crippen LogP contribution is 2.37. The maximum absolute atomic E-state index is 13.6. The van der Waals surface area contributed by atoms with E-state index in [9.17, 15) is 14.7 Å². The molecule has 1 atom stereocenters. The van der Waals surface area contributed by atoms with Crippen molar-refractivity contribution < 1.29 is 14.7 Å². The van der Waals surface area contributed by atoms with Gasteiger partial charge in [0, 0.05) is 45.0 Å². The van der Waals surface area contributed by atoms with Gasteiger partial charge < -0.3 is 15.3 Å². The van der Waals surface area contributed by atoms with Crippen LogP contribution in [0, 0.1) is 0 Å². The highest BCUT2D eigenvalue weighted by Gasteiger charge is 2.54. The molecule has 7 nitrogen and oxygen atoms in total. The smallest absolute Gasteiger partial charge is 0.246 e. The van der Waals surface area contributed by atoms with E-state index in [1.54, 1.807) is 6.20 Å². The maximum atomic E-state index is 13.6. The molecular formula is C25H40Cl2N4O3. The van der Waals surface area contributed by atoms with Gasteiger partial charge >= 0.3 is 0 Å². The first-order valence-electron chi connectivity index (χ1n) is 12.4. The Morgan fingerprint density at radius 3 is 2.44 bits per heavy atom. The zero-order valence-corrected chi connectivity index (χ0v) is 21.8. The van der Waals surface area contributed by atoms with Crippen LogP contribution in [-0.2, 0) is 16.1 Å². The number of halogens is 2. The largest absolute Gasteiger partial charge is 0.390 e. The predicted octanol–water partition coefficient (Wildman–Crippen LogP) is 3.47. The SMILES string of the molecule is CCCCN1C(=O)[C@@H](CC2(O)CCCCC2)NC(=O)C12CCN(Cc1cccnc1)CC2.Cl.Cl. The standard InChI is InChI=1S/C25H38N4O3.2ClH/c1-2-3-14-29-22(30)21(17-24(32)9-5-4-6-10-24)27-23(31)25(29)11-15-28(16-12-25)19-20-8-7-13-26-18-20;;/h7-8,13,18,21,32H,2-6,9-12,14-17,19H2,1H3,(H,27,31);2*1H/t21-;;/m1../s1. The molecule has 192 valence electrons. The average Bonchev–Trinajstić information content (AvgIpc) is 2.80. The molecule has 0 radical (unpaired) electrons. The van der Waals surface area contributed by atoms with Gasteiger partial charge in [-0.15, -0.1) is 24.8 Å². The zero-order valence-electron chi connectivity index (χ0n) is 20.2. The highest BCUT2D eigenvalue weighted by molar-refractivity contribution is 6.00. The second kappa shape index (κ2) is 12.5. The second-order valence-electron chi connectivity index (χ2n) is 10.0. The number of hydrogen-bond donors (Lipinski definition) is 2. The summed E-state index contributed by atoms with van der Waals surface area (Å²) in [4.78, 5) is 35.5. The molecule has 1 aromatic heterocycles. The molecule has 1 aromatic rings. The molecule has 4 rings (SSSR count). The molecule has 3 heterocycles. The number of unbranched alkanes of at least 4 members (excludes halogenated alkanes) is 1. The Bertz CT molecular complexity index is 797. The zero-order chi connectivity index (χ0) is 22.6. The van der Waals surface area contributed by atoms with Gasteiger partial charge in [0.15, 0.2) is 0 Å². The molecule has 9 heteroatoms. The van der Waals surface area contributed by atoms with Crippen molar-refractivity contribution in [2.24, 2.45) is 0 Å². The monoisotopic (exact) mass is 514 g/mol. The van der Waals surface area contributed by atoms with Gasteiger partial charge in [-0.25, -0.2) is 0 Å². The number of amides is 2. The van der Waals surface area contributed by atoms with E-state index >= 15 is 0 Å². The number of carbonyl (C=O) groups excluding carboxylic acids is 2. The minimum Gasteiger partial charge on any atom is -0.390 e. The predicted molar refractivity (Wildman–Crippen MR) is 137 cm³/mol. The van der Waals surface area contributed by atoms with Gasteiger partial charge in [0.1, 0.15) is 11.6 Å². The number of hydrogen-bond acceptors (Lipinski definition) is 5. The topological polar surface area (TPSA) is 85.8 Å². The lowest BCUT2D eigenvalue weighted by Gasteiger charge is -2.52. The summed E-state index contributed by atoms with van der Waals surface area (Å²) in [6.07, 6.45) is 11.7. The third-order valence-electron chi connectivity index (χ3n) is 7.72. The Hall–Kier alpha value is -1.41. The normalized spacial score (nSPS) is 24.2. The van der Waals surface area contributed by atoms with E-state index in [2.05, 4.69) is 28.2 Å². The number of nitrogens with zero attached hydrogens (tertiary/aromatic N) is 3. The minimum atomic E-state index is -0.833. The average molecular weight is 516 g/mol. The first-order chi connectivity index (χ1) is 15.5. The van der Waals surface area contributed by atoms with Gasteiger partial charge in [0.25, 0.3) is 0 Å². The molecule has 0 bridgehead atoms. The van der Waals surface area contributed by atoms with Crippen LogP contribution in [0.25, 0.3) is 0 Å². The van der Waals surface area contributed by atoms with Crippen molar-refractivity contribution >= 4 is 36.6 Å². The van der Waals surface area contributed by atoms with Crippen molar-refractivity contribution in [2.45, 2.75) is 94.9 Å². The summed E-state index contributed by atoms with van der Waals surface area (Å²) in [6.45, 7) is 5.07. The summed E-state index contributed by atoms with van der Waals surface area (Å²) in [5.74, 6) is -0.0311. The van der Waals surface area contributed by atoms with Gasteiger partial charge in [-0.05, 0) is 43.7 Å². The van der Waals surface area contributed by atoms with E-state index in [-0.39, 0.29) is 36.6 Å². The number of nitrogens with one attached hydrogen (secondary N) is 1. The van der Waals surface area contributed by atoms with Crippen LogP contribution in [0.1, 0.15) is 76.7 Å². The molecule has 1 spiro atoms. The second-order valence-corrected chi connectivity index (χ2v) is 10.0. The van der Waals surface area contributed by atoms with Gasteiger partial charge in [0.2, 0.25) is 11.8 Å². The molecule has 1 aliphatic carbocycles. The fourth-order valence-corrected chi connectivity index (χ4v) is 5.78. The first kappa shape index (κ1) is 28.8. The van der Waals surface area contributed by atoms with Crippen LogP contribution in [0.2, 0.25) is 0 Å². The molecule has 3 fully saturated rings. The van der Waals surface area contributed by atoms with E-state index in [1.807, 2.05) is 17.2 Å². The number of likely N-dealkylation sites (tertiary alicyclic amines) is 1. The third kappa shape index (κ3) is 6.23. The Kier molecular flexibility index (Phi) is 10.6. The summed E-state index contributed by atoms with van der Waals surface area (Å²) in [6, 6.07) is 3.41. The number of piperidine rings is 1. The van der Waals surface area contributed by atoms with Crippen LogP contribution >= 0.6 is 24.8 Å². The van der Waals surface area contributed by atoms with E-state index < -0.39 is 17.2 Å². The molecule has 34 heavy (non-hydrogen) atoms. The molecule has 2 aliphatic heterocycles. The van der Waals surface area contributed by atoms with Crippen molar-refractivity contribution in [1.29, 1.82) is 0 Å². The summed E-state index contributed by atoms with van der Waals surface area (Å²) in [7, 11) is 0. The van der Waals surface area contributed by atoms with Crippen LogP contribution in [0.5, 0.6) is 0 Å². The number of aliphatic hydroxyl groups is 1. The van der Waals surface area contributed by atoms with E-state index in [0.717, 1.165) is 70.1 Å². The lowest BCUT2D eigenvalue weighted by atomic mass is 9.77. The Morgan fingerprint density at radius 1 is 1.12 bits per heavy atom. The quantitative estimate of drug-likeness (QED) is 0.581. The van der Waals surface area contributed by atoms with Gasteiger partial charge in [-0.1, -0.05) is 38.7 Å². The number of piperazine rings is 1. The molecule has 2 saturated heterocycles. The molecular weight excluding hydrogens is 475 g/mol. The van der Waals surface area contributed by atoms with Crippen molar-refractivity contribution in [3.8, 4) is 0 Å². The number of pyridine rings is 1. The van der Waals surface area contributed by atoms with E-state index in [0.29, 0.717) is 25.8 Å². The van der Waals surface area contributed by atoms with Crippen LogP contribution < -0.4 is 5.32 Å². The summed E-state index contributed by atoms with van der Waals surface area (Å²) >= 11 is 0. The van der Waals surface area contributed by atoms with Crippen LogP contribution in [0.3, 0.4) is 0 Å². The van der Waals surface area contributed by atoms with Gasteiger partial charge in [-0.3, -0.25) is 19.5 Å². The molecule has 3 aliphatic rings. The van der Waals surface area contributed by atoms with Gasteiger partial charge in [0.05, 0.1) is 5.60 Å². The summed E-state index contributed by atoms with van der Waals surface area (Å²) < 4.78 is 0. The highest BCUT2D eigenvalue weighted by atomic mass is 35.5. The van der Waals surface area contributed by atoms with Crippen molar-refractivity contribution in [1.82, 2.24) is 20.1 Å². The summed E-state index contributed by atoms with van der Waals surface area (Å²) in [5, 5.41) is 14.1. The van der Waals surface area contributed by atoms with Crippen LogP contribution in [0.4, 0.5) is 0 Å². The fourth-order valence-electron chi connectivity index (χ4n) is 5.78. The molecule has 2 N–H and O–H groups in total. The Balaban J connectivity index is 0.00000204. The lowest BCUT2D eigenvalue weighted by Crippen LogP contribution is -2.73. The first-order valence-corrected chi connectivity index (χ1v) is 12.4. The maximum Gasteiger partial charge on any atom is 0.246 e.